The van der Waals surface area contributed by atoms with Gasteiger partial charge in [0.1, 0.15) is 22.9 Å². The molecule has 6 aromatic rings. The molecule has 0 atom stereocenters. The molecule has 4 aromatic carbocycles. The Bertz CT molecular complexity index is 2730. The monoisotopic (exact) mass is 898 g/mol. The fourth-order valence-electron chi connectivity index (χ4n) is 8.47. The van der Waals surface area contributed by atoms with E-state index in [0.29, 0.717) is 46.0 Å². The number of hydrogen-bond donors (Lipinski definition) is 2. The first kappa shape index (κ1) is 46.4. The Labute approximate surface area is 377 Å². The zero-order valence-corrected chi connectivity index (χ0v) is 38.4. The molecule has 0 saturated heterocycles. The minimum atomic E-state index is -0.408. The van der Waals surface area contributed by atoms with Gasteiger partial charge in [-0.05, 0) is 111 Å². The largest absolute Gasteiger partial charge is 0.506 e. The van der Waals surface area contributed by atoms with Crippen molar-refractivity contribution in [2.45, 2.75) is 85.1 Å². The van der Waals surface area contributed by atoms with Crippen molar-refractivity contribution in [1.82, 2.24) is 19.1 Å². The van der Waals surface area contributed by atoms with Gasteiger partial charge in [-0.25, -0.2) is 14.8 Å². The number of aromatic nitrogens is 4. The van der Waals surface area contributed by atoms with E-state index in [2.05, 4.69) is 74.8 Å². The van der Waals surface area contributed by atoms with Gasteiger partial charge < -0.3 is 33.9 Å². The molecule has 334 valence electrons. The molecule has 2 N–H and O–H groups in total. The number of carbonyl (C=O) groups is 2. The van der Waals surface area contributed by atoms with Crippen molar-refractivity contribution in [2.75, 3.05) is 36.5 Å². The van der Waals surface area contributed by atoms with Crippen LogP contribution in [0.2, 0.25) is 0 Å². The molecule has 63 heavy (non-hydrogen) atoms. The van der Waals surface area contributed by atoms with Crippen molar-refractivity contribution in [3.05, 3.63) is 82.9 Å². The number of nitrogens with zero attached hydrogens (tertiary/aromatic N) is 10. The number of aromatic hydroxyl groups is 2. The maximum absolute atomic E-state index is 11.8. The molecule has 4 heterocycles. The Balaban J connectivity index is 0.000000206. The fourth-order valence-corrected chi connectivity index (χ4v) is 8.47. The standard InChI is InChI=1S/C24H29N5O2.C23H27N5O3.Ni/c1-5-18(6-2)29-11-7-8-17-12-20(23(31)14-21(17)29)26-27-24-25-19-10-9-16(15(3)30)13-22(19)28(24)4;1-6-28-10-9-23(2,3)15-12-17(20(29)13-18(15)28)25-26-22-24-16-8-7-14(21(30)31-5)11-19(16)27(22)4;/h9-10,12-14,18,31H,5-8,11H2,1-4H3;7-8,11-13,29H,6,9-10H2,1-5H3;. The van der Waals surface area contributed by atoms with Crippen LogP contribution in [0.5, 0.6) is 11.5 Å². The number of hydrogen-bond acceptors (Lipinski definition) is 13. The van der Waals surface area contributed by atoms with Crippen molar-refractivity contribution in [1.29, 1.82) is 0 Å². The Morgan fingerprint density at radius 1 is 0.778 bits per heavy atom. The molecule has 0 spiro atoms. The number of methoxy groups -OCH3 is 1. The van der Waals surface area contributed by atoms with E-state index < -0.39 is 5.97 Å². The second-order valence-electron chi connectivity index (χ2n) is 16.6. The van der Waals surface area contributed by atoms with E-state index in [1.807, 2.05) is 37.4 Å². The number of azo groups is 2. The molecule has 15 nitrogen and oxygen atoms in total. The minimum absolute atomic E-state index is 0. The summed E-state index contributed by atoms with van der Waals surface area (Å²) in [7, 11) is 5.00. The molecular formula is C47H56N10NiO5. The summed E-state index contributed by atoms with van der Waals surface area (Å²) in [5.41, 5.74) is 9.42. The van der Waals surface area contributed by atoms with Crippen LogP contribution in [-0.2, 0) is 47.2 Å². The van der Waals surface area contributed by atoms with Crippen LogP contribution in [0.25, 0.3) is 22.1 Å². The summed E-state index contributed by atoms with van der Waals surface area (Å²) >= 11 is 0. The van der Waals surface area contributed by atoms with E-state index in [1.54, 1.807) is 53.4 Å². The summed E-state index contributed by atoms with van der Waals surface area (Å²) in [5.74, 6) is 0.611. The summed E-state index contributed by atoms with van der Waals surface area (Å²) in [4.78, 5) is 37.2. The molecule has 16 heteroatoms. The normalized spacial score (nSPS) is 14.5. The molecule has 0 saturated carbocycles. The van der Waals surface area contributed by atoms with Gasteiger partial charge in [0.15, 0.2) is 5.78 Å². The summed E-state index contributed by atoms with van der Waals surface area (Å²) in [6.45, 7) is 15.4. The van der Waals surface area contributed by atoms with Crippen LogP contribution in [0.3, 0.4) is 0 Å². The summed E-state index contributed by atoms with van der Waals surface area (Å²) < 4.78 is 8.34. The van der Waals surface area contributed by atoms with Crippen molar-refractivity contribution >= 4 is 68.5 Å². The number of esters is 1. The smallest absolute Gasteiger partial charge is 0.337 e. The van der Waals surface area contributed by atoms with E-state index in [9.17, 15) is 19.8 Å². The predicted octanol–water partition coefficient (Wildman–Crippen LogP) is 10.8. The molecule has 2 aromatic heterocycles. The van der Waals surface area contributed by atoms with Crippen LogP contribution >= 0.6 is 0 Å². The van der Waals surface area contributed by atoms with Crippen molar-refractivity contribution in [3.63, 3.8) is 0 Å². The van der Waals surface area contributed by atoms with E-state index in [0.717, 1.165) is 85.2 Å². The molecule has 2 aliphatic rings. The Hall–Kier alpha value is -6.15. The number of ketones is 1. The van der Waals surface area contributed by atoms with Gasteiger partial charge in [0, 0.05) is 85.3 Å². The molecule has 2 aliphatic heterocycles. The quantitative estimate of drug-likeness (QED) is 0.0586. The molecule has 0 unspecified atom stereocenters. The Morgan fingerprint density at radius 3 is 1.89 bits per heavy atom. The van der Waals surface area contributed by atoms with E-state index in [-0.39, 0.29) is 39.2 Å². The van der Waals surface area contributed by atoms with Gasteiger partial charge in [-0.1, -0.05) is 27.7 Å². The van der Waals surface area contributed by atoms with Gasteiger partial charge in [-0.15, -0.1) is 20.5 Å². The van der Waals surface area contributed by atoms with Crippen LogP contribution in [-0.4, -0.2) is 73.9 Å². The topological polar surface area (TPSA) is 175 Å². The maximum Gasteiger partial charge on any atom is 0.337 e. The number of rotatable bonds is 10. The first-order valence-electron chi connectivity index (χ1n) is 21.3. The third kappa shape index (κ3) is 9.32. The van der Waals surface area contributed by atoms with Crippen molar-refractivity contribution in [2.24, 2.45) is 34.6 Å². The van der Waals surface area contributed by atoms with Gasteiger partial charge in [0.05, 0.1) is 34.7 Å². The van der Waals surface area contributed by atoms with Gasteiger partial charge in [0.25, 0.3) is 0 Å². The number of imidazole rings is 2. The second kappa shape index (κ2) is 19.1. The second-order valence-corrected chi connectivity index (χ2v) is 16.6. The van der Waals surface area contributed by atoms with E-state index in [1.165, 1.54) is 12.7 Å². The number of ether oxygens (including phenoxy) is 1. The average molecular weight is 900 g/mol. The number of carbonyl (C=O) groups excluding carboxylic acids is 2. The number of phenols is 2. The molecule has 8 rings (SSSR count). The fraction of sp³-hybridized carbons (Fsp3) is 0.404. The van der Waals surface area contributed by atoms with Crippen LogP contribution in [0.1, 0.15) is 99.1 Å². The first-order valence-corrected chi connectivity index (χ1v) is 21.3. The average Bonchev–Trinajstić information content (AvgIpc) is 3.76. The van der Waals surface area contributed by atoms with Crippen LogP contribution < -0.4 is 9.80 Å². The van der Waals surface area contributed by atoms with Gasteiger partial charge in [-0.3, -0.25) is 4.79 Å². The van der Waals surface area contributed by atoms with Crippen LogP contribution in [0.15, 0.2) is 81.1 Å². The number of anilines is 2. The van der Waals surface area contributed by atoms with Gasteiger partial charge in [0.2, 0.25) is 11.9 Å². The maximum atomic E-state index is 11.8. The molecule has 0 fully saturated rings. The van der Waals surface area contributed by atoms with Crippen LogP contribution in [0.4, 0.5) is 34.6 Å². The number of fused-ring (bicyclic) bond motifs is 4. The summed E-state index contributed by atoms with van der Waals surface area (Å²) in [6, 6.07) is 18.5. The molecule has 0 radical (unpaired) electrons. The zero-order valence-electron chi connectivity index (χ0n) is 37.4. The Morgan fingerprint density at radius 2 is 1.33 bits per heavy atom. The van der Waals surface area contributed by atoms with Crippen molar-refractivity contribution in [3.8, 4) is 11.5 Å². The third-order valence-electron chi connectivity index (χ3n) is 12.3. The van der Waals surface area contributed by atoms with Crippen molar-refractivity contribution < 1.29 is 41.0 Å². The van der Waals surface area contributed by atoms with E-state index in [4.69, 9.17) is 4.74 Å². The summed E-state index contributed by atoms with van der Waals surface area (Å²) in [6.07, 6.45) is 5.25. The van der Waals surface area contributed by atoms with Gasteiger partial charge in [-0.2, -0.15) is 0 Å². The zero-order chi connectivity index (χ0) is 44.5. The molecule has 0 bridgehead atoms. The third-order valence-corrected chi connectivity index (χ3v) is 12.3. The summed E-state index contributed by atoms with van der Waals surface area (Å²) in [5, 5.41) is 38.5. The molecule has 0 amide bonds. The first-order chi connectivity index (χ1) is 29.7. The molecular weight excluding hydrogens is 843 g/mol. The predicted molar refractivity (Wildman–Crippen MR) is 243 cm³/mol. The number of benzene rings is 4. The SMILES string of the molecule is CCC(CC)N1CCCc2cc(N=Nc3nc4ccc(C(C)=O)cc4n3C)c(O)cc21.CCN1CCC(C)(C)c2cc(N=Nc3nc4ccc(C(=O)OC)cc4n3C)c(O)cc21.[Ni]. The minimum Gasteiger partial charge on any atom is -0.506 e. The number of phenolic OH excluding ortho intramolecular Hbond substituents is 2. The molecule has 0 aliphatic carbocycles. The Kier molecular flexibility index (Phi) is 14.0. The van der Waals surface area contributed by atoms with E-state index >= 15 is 0 Å². The number of Topliss-reactive ketones (excluding diaryl/α,β-unsaturated/α-hetero) is 1. The van der Waals surface area contributed by atoms with Gasteiger partial charge >= 0.3 is 5.97 Å². The van der Waals surface area contributed by atoms with Crippen LogP contribution in [0, 0.1) is 0 Å². The number of aryl methyl sites for hydroxylation is 3.